The van der Waals surface area contributed by atoms with Crippen molar-refractivity contribution in [3.63, 3.8) is 0 Å². The molecule has 1 saturated heterocycles. The van der Waals surface area contributed by atoms with Gasteiger partial charge in [-0.05, 0) is 25.4 Å². The molecule has 2 amide bonds. The topological polar surface area (TPSA) is 104 Å². The van der Waals surface area contributed by atoms with Crippen molar-refractivity contribution in [2.24, 2.45) is 11.7 Å². The smallest absolute Gasteiger partial charge is 0.248 e. The number of aliphatic hydroxyl groups excluding tert-OH is 1. The first kappa shape index (κ1) is 11.9. The minimum Gasteiger partial charge on any atom is -0.381 e. The Labute approximate surface area is 88.2 Å². The molecule has 2 atom stereocenters. The van der Waals surface area contributed by atoms with Gasteiger partial charge in [0.2, 0.25) is 11.8 Å². The van der Waals surface area contributed by atoms with Crippen LogP contribution in [0.4, 0.5) is 0 Å². The minimum atomic E-state index is -1.30. The molecule has 0 aromatic rings. The molecule has 0 bridgehead atoms. The molecule has 6 nitrogen and oxygen atoms in total. The fraction of sp³-hybridized carbons (Fsp3) is 0.778. The van der Waals surface area contributed by atoms with Crippen molar-refractivity contribution in [2.45, 2.75) is 18.9 Å². The highest BCUT2D eigenvalue weighted by Gasteiger charge is 2.19. The fourth-order valence-corrected chi connectivity index (χ4v) is 1.53. The quantitative estimate of drug-likeness (QED) is 0.423. The Morgan fingerprint density at radius 1 is 1.60 bits per heavy atom. The van der Waals surface area contributed by atoms with Crippen LogP contribution in [0.3, 0.4) is 0 Å². The molecule has 5 N–H and O–H groups in total. The number of nitrogens with one attached hydrogen (secondary N) is 2. The van der Waals surface area contributed by atoms with E-state index in [0.717, 1.165) is 19.5 Å². The van der Waals surface area contributed by atoms with Gasteiger partial charge >= 0.3 is 0 Å². The van der Waals surface area contributed by atoms with Crippen molar-refractivity contribution in [3.8, 4) is 0 Å². The van der Waals surface area contributed by atoms with E-state index in [1.165, 1.54) is 0 Å². The van der Waals surface area contributed by atoms with E-state index in [-0.39, 0.29) is 12.5 Å². The molecule has 15 heavy (non-hydrogen) atoms. The normalized spacial score (nSPS) is 22.3. The molecule has 0 aromatic carbocycles. The van der Waals surface area contributed by atoms with Crippen LogP contribution in [-0.4, -0.2) is 42.7 Å². The second kappa shape index (κ2) is 5.67. The average Bonchev–Trinajstić information content (AvgIpc) is 2.66. The van der Waals surface area contributed by atoms with Crippen molar-refractivity contribution in [1.29, 1.82) is 0 Å². The maximum absolute atomic E-state index is 11.3. The van der Waals surface area contributed by atoms with E-state index in [2.05, 4.69) is 10.6 Å². The molecule has 1 aliphatic rings. The van der Waals surface area contributed by atoms with Crippen LogP contribution in [0.1, 0.15) is 12.8 Å². The van der Waals surface area contributed by atoms with E-state index in [0.29, 0.717) is 12.3 Å². The first-order chi connectivity index (χ1) is 7.09. The van der Waals surface area contributed by atoms with Crippen LogP contribution in [0.2, 0.25) is 0 Å². The predicted octanol–water partition coefficient (Wildman–Crippen LogP) is -2.05. The molecule has 1 heterocycles. The minimum absolute atomic E-state index is 0.103. The number of primary amides is 1. The Morgan fingerprint density at radius 3 is 2.87 bits per heavy atom. The molecule has 1 fully saturated rings. The van der Waals surface area contributed by atoms with Crippen molar-refractivity contribution < 1.29 is 14.7 Å². The van der Waals surface area contributed by atoms with Crippen LogP contribution >= 0.6 is 0 Å². The van der Waals surface area contributed by atoms with Gasteiger partial charge in [0.25, 0.3) is 0 Å². The summed E-state index contributed by atoms with van der Waals surface area (Å²) in [6.07, 6.45) is 0.125. The molecular formula is C9H17N3O3. The van der Waals surface area contributed by atoms with Gasteiger partial charge in [-0.1, -0.05) is 0 Å². The zero-order valence-corrected chi connectivity index (χ0v) is 8.53. The lowest BCUT2D eigenvalue weighted by molar-refractivity contribution is -0.127. The van der Waals surface area contributed by atoms with Crippen LogP contribution in [-0.2, 0) is 9.59 Å². The van der Waals surface area contributed by atoms with Gasteiger partial charge in [0, 0.05) is 6.42 Å². The van der Waals surface area contributed by atoms with E-state index in [9.17, 15) is 9.59 Å². The van der Waals surface area contributed by atoms with E-state index >= 15 is 0 Å². The number of amides is 2. The largest absolute Gasteiger partial charge is 0.381 e. The Kier molecular flexibility index (Phi) is 4.51. The Hall–Kier alpha value is -1.14. The van der Waals surface area contributed by atoms with Gasteiger partial charge < -0.3 is 21.5 Å². The van der Waals surface area contributed by atoms with Crippen LogP contribution in [0.25, 0.3) is 0 Å². The van der Waals surface area contributed by atoms with E-state index in [1.807, 2.05) is 0 Å². The van der Waals surface area contributed by atoms with Crippen molar-refractivity contribution in [2.75, 3.05) is 19.6 Å². The molecule has 1 rings (SSSR count). The van der Waals surface area contributed by atoms with Gasteiger partial charge in [0.05, 0.1) is 6.54 Å². The molecule has 6 heteroatoms. The second-order valence-corrected chi connectivity index (χ2v) is 3.79. The zero-order valence-electron chi connectivity index (χ0n) is 8.53. The molecule has 86 valence electrons. The molecule has 0 saturated carbocycles. The third-order valence-corrected chi connectivity index (χ3v) is 2.46. The lowest BCUT2D eigenvalue weighted by atomic mass is 10.0. The van der Waals surface area contributed by atoms with Gasteiger partial charge in [-0.2, -0.15) is 0 Å². The molecule has 1 aliphatic heterocycles. The van der Waals surface area contributed by atoms with Crippen molar-refractivity contribution >= 4 is 11.8 Å². The maximum atomic E-state index is 11.3. The van der Waals surface area contributed by atoms with Crippen LogP contribution in [0.5, 0.6) is 0 Å². The number of carbonyl (C=O) groups excluding carboxylic acids is 2. The predicted molar refractivity (Wildman–Crippen MR) is 53.8 cm³/mol. The third kappa shape index (κ3) is 4.26. The van der Waals surface area contributed by atoms with Gasteiger partial charge in [0.15, 0.2) is 0 Å². The van der Waals surface area contributed by atoms with Crippen LogP contribution < -0.4 is 16.4 Å². The molecule has 2 unspecified atom stereocenters. The van der Waals surface area contributed by atoms with Gasteiger partial charge in [-0.3, -0.25) is 9.59 Å². The standard InChI is InChI=1S/C9H17N3O3/c10-9(15)7(13)5-12-8(14)3-6-1-2-11-4-6/h6-7,11,13H,1-5H2,(H2,10,15)(H,12,14). The summed E-state index contributed by atoms with van der Waals surface area (Å²) in [5.74, 6) is -0.613. The van der Waals surface area contributed by atoms with Crippen LogP contribution in [0.15, 0.2) is 0 Å². The fourth-order valence-electron chi connectivity index (χ4n) is 1.53. The Bertz CT molecular complexity index is 239. The highest BCUT2D eigenvalue weighted by Crippen LogP contribution is 2.11. The van der Waals surface area contributed by atoms with E-state index in [1.54, 1.807) is 0 Å². The molecule has 0 radical (unpaired) electrons. The highest BCUT2D eigenvalue weighted by molar-refractivity contribution is 5.81. The zero-order chi connectivity index (χ0) is 11.3. The van der Waals surface area contributed by atoms with Crippen LogP contribution in [0, 0.1) is 5.92 Å². The SMILES string of the molecule is NC(=O)C(O)CNC(=O)CC1CCNC1. The lowest BCUT2D eigenvalue weighted by Crippen LogP contribution is -2.40. The lowest BCUT2D eigenvalue weighted by Gasteiger charge is -2.10. The van der Waals surface area contributed by atoms with Crippen molar-refractivity contribution in [1.82, 2.24) is 10.6 Å². The molecule has 0 aliphatic carbocycles. The monoisotopic (exact) mass is 215 g/mol. The summed E-state index contributed by atoms with van der Waals surface area (Å²) in [5.41, 5.74) is 4.84. The first-order valence-corrected chi connectivity index (χ1v) is 5.04. The highest BCUT2D eigenvalue weighted by atomic mass is 16.3. The van der Waals surface area contributed by atoms with Gasteiger partial charge in [0.1, 0.15) is 6.10 Å². The number of hydrogen-bond donors (Lipinski definition) is 4. The number of nitrogens with two attached hydrogens (primary N) is 1. The third-order valence-electron chi connectivity index (χ3n) is 2.46. The van der Waals surface area contributed by atoms with Gasteiger partial charge in [-0.15, -0.1) is 0 Å². The number of aliphatic hydroxyl groups is 1. The summed E-state index contributed by atoms with van der Waals surface area (Å²) < 4.78 is 0. The van der Waals surface area contributed by atoms with Gasteiger partial charge in [-0.25, -0.2) is 0 Å². The molecule has 0 aromatic heterocycles. The van der Waals surface area contributed by atoms with Crippen molar-refractivity contribution in [3.05, 3.63) is 0 Å². The summed E-state index contributed by atoms with van der Waals surface area (Å²) >= 11 is 0. The first-order valence-electron chi connectivity index (χ1n) is 5.04. The number of carbonyl (C=O) groups is 2. The molecule has 0 spiro atoms. The summed E-state index contributed by atoms with van der Waals surface area (Å²) in [5, 5.41) is 14.7. The number of hydrogen-bond acceptors (Lipinski definition) is 4. The van der Waals surface area contributed by atoms with E-state index < -0.39 is 12.0 Å². The van der Waals surface area contributed by atoms with E-state index in [4.69, 9.17) is 10.8 Å². The summed E-state index contributed by atoms with van der Waals surface area (Å²) in [6.45, 7) is 1.70. The number of rotatable bonds is 5. The Balaban J connectivity index is 2.15. The molecular weight excluding hydrogens is 198 g/mol. The second-order valence-electron chi connectivity index (χ2n) is 3.79. The summed E-state index contributed by atoms with van der Waals surface area (Å²) in [6, 6.07) is 0. The average molecular weight is 215 g/mol. The maximum Gasteiger partial charge on any atom is 0.248 e. The summed E-state index contributed by atoms with van der Waals surface area (Å²) in [7, 11) is 0. The summed E-state index contributed by atoms with van der Waals surface area (Å²) in [4.78, 5) is 21.8. The Morgan fingerprint density at radius 2 is 2.33 bits per heavy atom.